The summed E-state index contributed by atoms with van der Waals surface area (Å²) >= 11 is 0. The fourth-order valence-corrected chi connectivity index (χ4v) is 4.74. The van der Waals surface area contributed by atoms with Crippen LogP contribution in [0.25, 0.3) is 5.65 Å². The first kappa shape index (κ1) is 20.0. The van der Waals surface area contributed by atoms with Crippen molar-refractivity contribution in [3.8, 4) is 0 Å². The van der Waals surface area contributed by atoms with E-state index < -0.39 is 17.9 Å². The van der Waals surface area contributed by atoms with Gasteiger partial charge in [0.15, 0.2) is 0 Å². The Morgan fingerprint density at radius 1 is 0.765 bits per heavy atom. The molecule has 34 heavy (non-hydrogen) atoms. The molecule has 1 saturated heterocycles. The first-order valence-corrected chi connectivity index (χ1v) is 10.9. The van der Waals surface area contributed by atoms with Crippen LogP contribution in [-0.4, -0.2) is 33.0 Å². The van der Waals surface area contributed by atoms with Crippen LogP contribution >= 0.6 is 0 Å². The highest BCUT2D eigenvalue weighted by molar-refractivity contribution is 6.34. The monoisotopic (exact) mass is 449 g/mol. The van der Waals surface area contributed by atoms with E-state index in [1.807, 2.05) is 36.4 Å². The van der Waals surface area contributed by atoms with E-state index in [0.29, 0.717) is 22.7 Å². The summed E-state index contributed by atoms with van der Waals surface area (Å²) < 4.78 is 1.43. The summed E-state index contributed by atoms with van der Waals surface area (Å²) in [5.41, 5.74) is 2.30. The molecule has 2 atom stereocenters. The van der Waals surface area contributed by atoms with Gasteiger partial charge in [-0.1, -0.05) is 42.5 Å². The smallest absolute Gasteiger partial charge is 0.267 e. The number of hydrogen-bond acceptors (Lipinski definition) is 6. The van der Waals surface area contributed by atoms with E-state index in [2.05, 4.69) is 4.98 Å². The van der Waals surface area contributed by atoms with Crippen molar-refractivity contribution in [1.29, 1.82) is 0 Å². The van der Waals surface area contributed by atoms with Crippen LogP contribution in [0.3, 0.4) is 0 Å². The maximum atomic E-state index is 13.7. The van der Waals surface area contributed by atoms with Gasteiger partial charge in [0.05, 0.1) is 28.3 Å². The Morgan fingerprint density at radius 3 is 2.12 bits per heavy atom. The zero-order valence-electron chi connectivity index (χ0n) is 18.2. The molecule has 0 unspecified atom stereocenters. The Hall–Kier alpha value is -4.59. The molecule has 6 rings (SSSR count). The molecule has 2 aromatic carbocycles. The molecule has 2 aliphatic rings. The lowest BCUT2D eigenvalue weighted by Crippen LogP contribution is -2.39. The third kappa shape index (κ3) is 2.82. The van der Waals surface area contributed by atoms with Crippen LogP contribution in [0.4, 0.5) is 11.4 Å². The summed E-state index contributed by atoms with van der Waals surface area (Å²) in [7, 11) is 0. The number of amides is 2. The van der Waals surface area contributed by atoms with Gasteiger partial charge in [0, 0.05) is 6.20 Å². The zero-order chi connectivity index (χ0) is 23.4. The number of benzene rings is 2. The van der Waals surface area contributed by atoms with Gasteiger partial charge in [-0.25, -0.2) is 9.88 Å². The van der Waals surface area contributed by atoms with Gasteiger partial charge in [-0.2, -0.15) is 5.10 Å². The summed E-state index contributed by atoms with van der Waals surface area (Å²) in [5.74, 6) is -1.71. The second kappa shape index (κ2) is 7.48. The van der Waals surface area contributed by atoms with Crippen LogP contribution in [0.5, 0.6) is 0 Å². The second-order valence-electron chi connectivity index (χ2n) is 8.24. The maximum absolute atomic E-state index is 13.7. The van der Waals surface area contributed by atoms with Crippen molar-refractivity contribution < 1.29 is 9.59 Å². The van der Waals surface area contributed by atoms with Gasteiger partial charge in [-0.3, -0.25) is 23.8 Å². The summed E-state index contributed by atoms with van der Waals surface area (Å²) in [6.07, 6.45) is 1.63. The number of carbonyl (C=O) groups excluding carboxylic acids is 2. The van der Waals surface area contributed by atoms with Gasteiger partial charge in [0.25, 0.3) is 11.5 Å². The Kier molecular flexibility index (Phi) is 4.41. The lowest BCUT2D eigenvalue weighted by Gasteiger charge is -2.22. The number of rotatable bonds is 3. The Labute approximate surface area is 194 Å². The molecule has 0 aliphatic carbocycles. The van der Waals surface area contributed by atoms with Gasteiger partial charge in [-0.15, -0.1) is 0 Å². The van der Waals surface area contributed by atoms with Gasteiger partial charge < -0.3 is 0 Å². The molecule has 8 nitrogen and oxygen atoms in total. The normalized spacial score (nSPS) is 19.6. The fourth-order valence-electron chi connectivity index (χ4n) is 4.74. The van der Waals surface area contributed by atoms with Crippen molar-refractivity contribution in [1.82, 2.24) is 9.38 Å². The second-order valence-corrected chi connectivity index (χ2v) is 8.24. The van der Waals surface area contributed by atoms with E-state index in [1.54, 1.807) is 60.6 Å². The molecule has 0 spiro atoms. The summed E-state index contributed by atoms with van der Waals surface area (Å²) in [6.45, 7) is 1.72. The summed E-state index contributed by atoms with van der Waals surface area (Å²) in [4.78, 5) is 46.6. The van der Waals surface area contributed by atoms with Crippen LogP contribution in [-0.2, 0) is 9.59 Å². The average Bonchev–Trinajstić information content (AvgIpc) is 3.37. The number of hydrazone groups is 1. The number of carbonyl (C=O) groups is 2. The maximum Gasteiger partial charge on any atom is 0.267 e. The molecular formula is C26H19N5O3. The lowest BCUT2D eigenvalue weighted by molar-refractivity contribution is -0.121. The molecule has 2 aliphatic heterocycles. The number of fused-ring (bicyclic) bond motifs is 2. The van der Waals surface area contributed by atoms with E-state index in [9.17, 15) is 14.4 Å². The number of pyridine rings is 1. The lowest BCUT2D eigenvalue weighted by atomic mass is 9.92. The number of hydrogen-bond donors (Lipinski definition) is 0. The Bertz CT molecular complexity index is 1550. The number of imide groups is 1. The number of aryl methyl sites for hydroxylation is 1. The third-order valence-electron chi connectivity index (χ3n) is 6.26. The van der Waals surface area contributed by atoms with Gasteiger partial charge in [0.1, 0.15) is 17.6 Å². The third-order valence-corrected chi connectivity index (χ3v) is 6.26. The molecule has 4 heterocycles. The number of nitrogens with zero attached hydrogens (tertiary/aromatic N) is 5. The molecule has 166 valence electrons. The molecule has 0 N–H and O–H groups in total. The molecule has 2 aromatic heterocycles. The van der Waals surface area contributed by atoms with Crippen molar-refractivity contribution in [2.45, 2.75) is 13.0 Å². The SMILES string of the molecule is Cc1nc2ccccn2c(=O)c1C1=NN(c2ccccc2)[C@@H]2C(=O)N(c3ccccc3)C(=O)[C@H]12. The predicted molar refractivity (Wildman–Crippen MR) is 128 cm³/mol. The minimum absolute atomic E-state index is 0.244. The molecule has 0 bridgehead atoms. The summed E-state index contributed by atoms with van der Waals surface area (Å²) in [5, 5.41) is 6.26. The molecule has 0 saturated carbocycles. The first-order chi connectivity index (χ1) is 16.6. The number of para-hydroxylation sites is 2. The molecule has 2 amide bonds. The van der Waals surface area contributed by atoms with E-state index in [0.717, 1.165) is 0 Å². The summed E-state index contributed by atoms with van der Waals surface area (Å²) in [6, 6.07) is 22.4. The average molecular weight is 449 g/mol. The van der Waals surface area contributed by atoms with Gasteiger partial charge in [-0.05, 0) is 43.3 Å². The van der Waals surface area contributed by atoms with Crippen molar-refractivity contribution in [2.24, 2.45) is 11.0 Å². The Balaban J connectivity index is 1.57. The van der Waals surface area contributed by atoms with Crippen LogP contribution < -0.4 is 15.5 Å². The predicted octanol–water partition coefficient (Wildman–Crippen LogP) is 2.79. The van der Waals surface area contributed by atoms with Crippen molar-refractivity contribution in [3.05, 3.63) is 107 Å². The zero-order valence-corrected chi connectivity index (χ0v) is 18.2. The van der Waals surface area contributed by atoms with Gasteiger partial charge >= 0.3 is 0 Å². The highest BCUT2D eigenvalue weighted by Crippen LogP contribution is 2.39. The molecular weight excluding hydrogens is 430 g/mol. The van der Waals surface area contributed by atoms with Crippen LogP contribution in [0, 0.1) is 12.8 Å². The number of anilines is 2. The first-order valence-electron chi connectivity index (χ1n) is 10.9. The minimum Gasteiger partial charge on any atom is -0.273 e. The van der Waals surface area contributed by atoms with E-state index in [1.165, 1.54) is 9.30 Å². The van der Waals surface area contributed by atoms with Crippen molar-refractivity contribution in [3.63, 3.8) is 0 Å². The fraction of sp³-hybridized carbons (Fsp3) is 0.115. The molecule has 1 fully saturated rings. The highest BCUT2D eigenvalue weighted by atomic mass is 16.2. The Morgan fingerprint density at radius 2 is 1.41 bits per heavy atom. The van der Waals surface area contributed by atoms with Crippen LogP contribution in [0.2, 0.25) is 0 Å². The molecule has 8 heteroatoms. The van der Waals surface area contributed by atoms with Crippen LogP contribution in [0.1, 0.15) is 11.3 Å². The number of aromatic nitrogens is 2. The topological polar surface area (TPSA) is 87.3 Å². The minimum atomic E-state index is -0.928. The quantitative estimate of drug-likeness (QED) is 0.449. The van der Waals surface area contributed by atoms with Gasteiger partial charge in [0.2, 0.25) is 5.91 Å². The molecule has 0 radical (unpaired) electrons. The van der Waals surface area contributed by atoms with E-state index >= 15 is 0 Å². The largest absolute Gasteiger partial charge is 0.273 e. The van der Waals surface area contributed by atoms with Crippen molar-refractivity contribution >= 4 is 34.5 Å². The molecule has 4 aromatic rings. The van der Waals surface area contributed by atoms with Crippen molar-refractivity contribution in [2.75, 3.05) is 9.91 Å². The van der Waals surface area contributed by atoms with E-state index in [4.69, 9.17) is 5.10 Å². The van der Waals surface area contributed by atoms with Crippen LogP contribution in [0.15, 0.2) is 95.0 Å². The highest BCUT2D eigenvalue weighted by Gasteiger charge is 2.58. The van der Waals surface area contributed by atoms with E-state index in [-0.39, 0.29) is 22.7 Å². The standard InChI is InChI=1S/C26H19N5O3/c1-16-20(24(32)29-15-9-8-14-19(29)27-16)22-21-23(31(28-22)18-12-6-3-7-13-18)26(34)30(25(21)33)17-10-4-2-5-11-17/h2-15,21,23H,1H3/t21-,23+/m1/s1.